The zero-order valence-corrected chi connectivity index (χ0v) is 13.3. The highest BCUT2D eigenvalue weighted by molar-refractivity contribution is 5.76. The predicted molar refractivity (Wildman–Crippen MR) is 87.4 cm³/mol. The molecule has 1 fully saturated rings. The topological polar surface area (TPSA) is 41.1 Å². The van der Waals surface area contributed by atoms with Gasteiger partial charge in [-0.1, -0.05) is 29.8 Å². The van der Waals surface area contributed by atoms with Gasteiger partial charge in [0.15, 0.2) is 0 Å². The average Bonchev–Trinajstić information content (AvgIpc) is 2.48. The van der Waals surface area contributed by atoms with Gasteiger partial charge in [-0.3, -0.25) is 4.79 Å². The zero-order valence-electron chi connectivity index (χ0n) is 13.3. The Bertz CT molecular complexity index is 441. The van der Waals surface area contributed by atoms with Gasteiger partial charge in [0.25, 0.3) is 0 Å². The van der Waals surface area contributed by atoms with E-state index in [1.54, 1.807) is 0 Å². The second-order valence-electron chi connectivity index (χ2n) is 6.25. The summed E-state index contributed by atoms with van der Waals surface area (Å²) in [5.74, 6) is 0.208. The molecule has 0 radical (unpaired) electrons. The lowest BCUT2D eigenvalue weighted by molar-refractivity contribution is -0.122. The first-order valence-corrected chi connectivity index (χ1v) is 8.23. The van der Waals surface area contributed by atoms with Crippen molar-refractivity contribution in [2.75, 3.05) is 6.54 Å². The predicted octanol–water partition coefficient (Wildman–Crippen LogP) is 2.96. The molecule has 21 heavy (non-hydrogen) atoms. The van der Waals surface area contributed by atoms with Crippen LogP contribution in [-0.2, 0) is 11.2 Å². The summed E-state index contributed by atoms with van der Waals surface area (Å²) < 4.78 is 0. The van der Waals surface area contributed by atoms with Crippen molar-refractivity contribution in [1.29, 1.82) is 0 Å². The van der Waals surface area contributed by atoms with E-state index in [4.69, 9.17) is 0 Å². The molecular formula is C18H28N2O. The number of nitrogens with one attached hydrogen (secondary N) is 2. The van der Waals surface area contributed by atoms with E-state index in [2.05, 4.69) is 48.7 Å². The molecule has 1 amide bonds. The Labute approximate surface area is 128 Å². The van der Waals surface area contributed by atoms with E-state index < -0.39 is 0 Å². The molecular weight excluding hydrogens is 260 g/mol. The molecule has 1 aliphatic heterocycles. The normalized spacial score (nSPS) is 22.0. The van der Waals surface area contributed by atoms with Crippen LogP contribution in [-0.4, -0.2) is 24.5 Å². The van der Waals surface area contributed by atoms with Gasteiger partial charge in [-0.05, 0) is 58.1 Å². The Morgan fingerprint density at radius 1 is 1.29 bits per heavy atom. The Hall–Kier alpha value is -1.35. The Morgan fingerprint density at radius 3 is 2.76 bits per heavy atom. The monoisotopic (exact) mass is 288 g/mol. The molecule has 1 saturated heterocycles. The fourth-order valence-electron chi connectivity index (χ4n) is 2.89. The van der Waals surface area contributed by atoms with Crippen molar-refractivity contribution in [2.45, 2.75) is 64.5 Å². The molecule has 1 aliphatic rings. The van der Waals surface area contributed by atoms with Crippen molar-refractivity contribution in [2.24, 2.45) is 0 Å². The Morgan fingerprint density at radius 2 is 2.05 bits per heavy atom. The van der Waals surface area contributed by atoms with Crippen molar-refractivity contribution in [3.63, 3.8) is 0 Å². The van der Waals surface area contributed by atoms with Crippen LogP contribution in [0.2, 0.25) is 0 Å². The molecule has 116 valence electrons. The maximum Gasteiger partial charge on any atom is 0.220 e. The SMILES string of the molecule is Cc1ccc(CCCCC(=O)NC2CCCNC2C)cc1. The van der Waals surface area contributed by atoms with E-state index in [9.17, 15) is 4.79 Å². The zero-order chi connectivity index (χ0) is 15.1. The minimum absolute atomic E-state index is 0.208. The van der Waals surface area contributed by atoms with Gasteiger partial charge in [-0.25, -0.2) is 0 Å². The molecule has 2 N–H and O–H groups in total. The third kappa shape index (κ3) is 5.50. The van der Waals surface area contributed by atoms with Crippen molar-refractivity contribution >= 4 is 5.91 Å². The average molecular weight is 288 g/mol. The van der Waals surface area contributed by atoms with Crippen LogP contribution in [0, 0.1) is 6.92 Å². The number of amides is 1. The van der Waals surface area contributed by atoms with Gasteiger partial charge in [-0.15, -0.1) is 0 Å². The van der Waals surface area contributed by atoms with Crippen LogP contribution in [0.5, 0.6) is 0 Å². The van der Waals surface area contributed by atoms with Gasteiger partial charge in [-0.2, -0.15) is 0 Å². The molecule has 0 bridgehead atoms. The van der Waals surface area contributed by atoms with Crippen molar-refractivity contribution in [1.82, 2.24) is 10.6 Å². The maximum atomic E-state index is 12.0. The van der Waals surface area contributed by atoms with Crippen molar-refractivity contribution in [3.8, 4) is 0 Å². The first-order valence-electron chi connectivity index (χ1n) is 8.23. The molecule has 1 aromatic rings. The van der Waals surface area contributed by atoms with Crippen molar-refractivity contribution < 1.29 is 4.79 Å². The molecule has 1 aromatic carbocycles. The molecule has 0 aliphatic carbocycles. The molecule has 3 heteroatoms. The van der Waals surface area contributed by atoms with Crippen LogP contribution in [0.15, 0.2) is 24.3 Å². The molecule has 2 unspecified atom stereocenters. The van der Waals surface area contributed by atoms with Gasteiger partial charge in [0, 0.05) is 18.5 Å². The van der Waals surface area contributed by atoms with E-state index in [-0.39, 0.29) is 5.91 Å². The maximum absolute atomic E-state index is 12.0. The number of unbranched alkanes of at least 4 members (excludes halogenated alkanes) is 1. The van der Waals surface area contributed by atoms with Gasteiger partial charge >= 0.3 is 0 Å². The van der Waals surface area contributed by atoms with Crippen LogP contribution >= 0.6 is 0 Å². The number of hydrogen-bond donors (Lipinski definition) is 2. The third-order valence-electron chi connectivity index (χ3n) is 4.35. The third-order valence-corrected chi connectivity index (χ3v) is 4.35. The van der Waals surface area contributed by atoms with Crippen molar-refractivity contribution in [3.05, 3.63) is 35.4 Å². The fraction of sp³-hybridized carbons (Fsp3) is 0.611. The van der Waals surface area contributed by atoms with Gasteiger partial charge in [0.2, 0.25) is 5.91 Å². The van der Waals surface area contributed by atoms with Gasteiger partial charge in [0.1, 0.15) is 0 Å². The highest BCUT2D eigenvalue weighted by Gasteiger charge is 2.21. The minimum Gasteiger partial charge on any atom is -0.352 e. The van der Waals surface area contributed by atoms with Crippen LogP contribution in [0.25, 0.3) is 0 Å². The van der Waals surface area contributed by atoms with E-state index >= 15 is 0 Å². The minimum atomic E-state index is 0.208. The first kappa shape index (κ1) is 16.0. The number of hydrogen-bond acceptors (Lipinski definition) is 2. The second kappa shape index (κ2) is 8.18. The summed E-state index contributed by atoms with van der Waals surface area (Å²) in [4.78, 5) is 12.0. The number of carbonyl (C=O) groups is 1. The summed E-state index contributed by atoms with van der Waals surface area (Å²) in [6.07, 6.45) is 6.01. The molecule has 0 spiro atoms. The van der Waals surface area contributed by atoms with Gasteiger partial charge < -0.3 is 10.6 Å². The lowest BCUT2D eigenvalue weighted by Gasteiger charge is -2.30. The summed E-state index contributed by atoms with van der Waals surface area (Å²) in [7, 11) is 0. The van der Waals surface area contributed by atoms with Gasteiger partial charge in [0.05, 0.1) is 0 Å². The van der Waals surface area contributed by atoms with Crippen LogP contribution in [0.1, 0.15) is 50.2 Å². The Kier molecular flexibility index (Phi) is 6.24. The largest absolute Gasteiger partial charge is 0.352 e. The van der Waals surface area contributed by atoms with E-state index in [1.165, 1.54) is 11.1 Å². The number of benzene rings is 1. The van der Waals surface area contributed by atoms with E-state index in [0.29, 0.717) is 18.5 Å². The summed E-state index contributed by atoms with van der Waals surface area (Å²) >= 11 is 0. The molecule has 1 heterocycles. The highest BCUT2D eigenvalue weighted by Crippen LogP contribution is 2.10. The number of carbonyl (C=O) groups excluding carboxylic acids is 1. The molecule has 2 rings (SSSR count). The van der Waals surface area contributed by atoms with Crippen LogP contribution < -0.4 is 10.6 Å². The highest BCUT2D eigenvalue weighted by atomic mass is 16.1. The quantitative estimate of drug-likeness (QED) is 0.790. The summed E-state index contributed by atoms with van der Waals surface area (Å²) in [5, 5.41) is 6.59. The molecule has 0 aromatic heterocycles. The number of aryl methyl sites for hydroxylation is 2. The second-order valence-corrected chi connectivity index (χ2v) is 6.25. The van der Waals surface area contributed by atoms with Crippen LogP contribution in [0.4, 0.5) is 0 Å². The Balaban J connectivity index is 1.61. The van der Waals surface area contributed by atoms with E-state index in [0.717, 1.165) is 38.6 Å². The van der Waals surface area contributed by atoms with E-state index in [1.807, 2.05) is 0 Å². The lowest BCUT2D eigenvalue weighted by Crippen LogP contribution is -2.51. The summed E-state index contributed by atoms with van der Waals surface area (Å²) in [6, 6.07) is 9.38. The smallest absolute Gasteiger partial charge is 0.220 e. The molecule has 0 saturated carbocycles. The lowest BCUT2D eigenvalue weighted by atomic mass is 9.99. The summed E-state index contributed by atoms with van der Waals surface area (Å²) in [5.41, 5.74) is 2.67. The number of rotatable bonds is 6. The first-order chi connectivity index (χ1) is 10.1. The number of piperidine rings is 1. The van der Waals surface area contributed by atoms with Crippen LogP contribution in [0.3, 0.4) is 0 Å². The summed E-state index contributed by atoms with van der Waals surface area (Å²) in [6.45, 7) is 5.33. The molecule has 3 nitrogen and oxygen atoms in total. The molecule has 2 atom stereocenters. The fourth-order valence-corrected chi connectivity index (χ4v) is 2.89. The standard InChI is InChI=1S/C18H28N2O/c1-14-9-11-16(12-10-14)6-3-4-8-18(21)20-17-7-5-13-19-15(17)2/h9-12,15,17,19H,3-8,13H2,1-2H3,(H,20,21).